The minimum atomic E-state index is -1.04. The topological polar surface area (TPSA) is 75.0 Å². The van der Waals surface area contributed by atoms with Crippen LogP contribution in [0, 0.1) is 6.92 Å². The Balaban J connectivity index is 1.57. The zero-order valence-corrected chi connectivity index (χ0v) is 17.7. The molecule has 0 bridgehead atoms. The monoisotopic (exact) mass is 448 g/mol. The van der Waals surface area contributed by atoms with Crippen LogP contribution in [0.1, 0.15) is 5.56 Å². The number of halogens is 1. The van der Waals surface area contributed by atoms with E-state index in [1.165, 1.54) is 6.07 Å². The lowest BCUT2D eigenvalue weighted by Crippen LogP contribution is -2.40. The Morgan fingerprint density at radius 1 is 1.03 bits per heavy atom. The van der Waals surface area contributed by atoms with Gasteiger partial charge in [-0.1, -0.05) is 53.6 Å². The normalized spacial score (nSPS) is 14.9. The van der Waals surface area contributed by atoms with Gasteiger partial charge in [-0.05, 0) is 37.3 Å². The number of aryl methyl sites for hydroxylation is 1. The Labute approximate surface area is 187 Å². The van der Waals surface area contributed by atoms with Crippen LogP contribution in [0.5, 0.6) is 17.2 Å². The molecule has 160 valence electrons. The van der Waals surface area contributed by atoms with Gasteiger partial charge in [0.25, 0.3) is 0 Å². The van der Waals surface area contributed by atoms with Crippen LogP contribution in [-0.4, -0.2) is 18.7 Å². The molecule has 0 spiro atoms. The highest BCUT2D eigenvalue weighted by atomic mass is 35.5. The average molecular weight is 449 g/mol. The quantitative estimate of drug-likeness (QED) is 0.403. The number of fused-ring (bicyclic) bond motifs is 2. The molecule has 0 N–H and O–H groups in total. The molecule has 7 heteroatoms. The maximum atomic E-state index is 13.3. The lowest BCUT2D eigenvalue weighted by atomic mass is 10.1. The summed E-state index contributed by atoms with van der Waals surface area (Å²) in [6.07, 6.45) is -1.04. The molecule has 32 heavy (non-hydrogen) atoms. The predicted octanol–water partition coefficient (Wildman–Crippen LogP) is 5.17. The Kier molecular flexibility index (Phi) is 5.07. The third kappa shape index (κ3) is 3.69. The van der Waals surface area contributed by atoms with Gasteiger partial charge in [-0.15, -0.1) is 0 Å². The number of ether oxygens (including phenoxy) is 3. The van der Waals surface area contributed by atoms with Gasteiger partial charge in [0.05, 0.1) is 5.39 Å². The first-order valence-corrected chi connectivity index (χ1v) is 10.3. The Bertz CT molecular complexity index is 1390. The van der Waals surface area contributed by atoms with Gasteiger partial charge >= 0.3 is 5.97 Å². The van der Waals surface area contributed by atoms with Gasteiger partial charge in [-0.25, -0.2) is 4.79 Å². The summed E-state index contributed by atoms with van der Waals surface area (Å²) in [6, 6.07) is 19.1. The fraction of sp³-hybridized carbons (Fsp3) is 0.120. The largest absolute Gasteiger partial charge is 0.485 e. The first kappa shape index (κ1) is 20.2. The first-order valence-electron chi connectivity index (χ1n) is 9.93. The summed E-state index contributed by atoms with van der Waals surface area (Å²) in [7, 11) is 0. The Hall–Kier alpha value is -3.77. The molecule has 4 aromatic rings. The number of para-hydroxylation sites is 2. The van der Waals surface area contributed by atoms with Crippen molar-refractivity contribution in [3.8, 4) is 28.6 Å². The van der Waals surface area contributed by atoms with Crippen molar-refractivity contribution in [2.75, 3.05) is 6.61 Å². The van der Waals surface area contributed by atoms with Gasteiger partial charge in [0.15, 0.2) is 17.3 Å². The fourth-order valence-corrected chi connectivity index (χ4v) is 3.61. The van der Waals surface area contributed by atoms with E-state index in [1.807, 2.05) is 19.1 Å². The average Bonchev–Trinajstić information content (AvgIpc) is 2.81. The summed E-state index contributed by atoms with van der Waals surface area (Å²) < 4.78 is 22.9. The minimum absolute atomic E-state index is 0.0412. The van der Waals surface area contributed by atoms with E-state index in [0.29, 0.717) is 27.7 Å². The molecular weight excluding hydrogens is 432 g/mol. The zero-order chi connectivity index (χ0) is 22.2. The lowest BCUT2D eigenvalue weighted by molar-refractivity contribution is -0.144. The molecule has 0 saturated heterocycles. The van der Waals surface area contributed by atoms with Crippen LogP contribution in [0.15, 0.2) is 75.9 Å². The van der Waals surface area contributed by atoms with Crippen LogP contribution in [0.25, 0.3) is 22.3 Å². The molecule has 1 aromatic heterocycles. The number of benzene rings is 3. The van der Waals surface area contributed by atoms with Gasteiger partial charge in [-0.2, -0.15) is 0 Å². The number of esters is 1. The van der Waals surface area contributed by atoms with Gasteiger partial charge < -0.3 is 18.6 Å². The summed E-state index contributed by atoms with van der Waals surface area (Å²) in [6.45, 7) is 1.90. The second-order valence-electron chi connectivity index (χ2n) is 7.38. The van der Waals surface area contributed by atoms with Gasteiger partial charge in [0.2, 0.25) is 17.3 Å². The SMILES string of the molecule is Cc1ccc(-c2oc3ccc(Cl)cc3c(=O)c2OC(=O)C2COc3ccccc3O2)cc1. The van der Waals surface area contributed by atoms with Crippen molar-refractivity contribution in [3.05, 3.63) is 87.5 Å². The molecule has 0 fully saturated rings. The third-order valence-electron chi connectivity index (χ3n) is 5.10. The van der Waals surface area contributed by atoms with Crippen molar-refractivity contribution in [2.24, 2.45) is 0 Å². The van der Waals surface area contributed by atoms with Crippen molar-refractivity contribution in [2.45, 2.75) is 13.0 Å². The first-order chi connectivity index (χ1) is 15.5. The lowest BCUT2D eigenvalue weighted by Gasteiger charge is -2.25. The maximum Gasteiger partial charge on any atom is 0.356 e. The molecular formula is C25H17ClO6. The minimum Gasteiger partial charge on any atom is -0.485 e. The molecule has 1 atom stereocenters. The molecule has 6 nitrogen and oxygen atoms in total. The zero-order valence-electron chi connectivity index (χ0n) is 17.0. The summed E-state index contributed by atoms with van der Waals surface area (Å²) in [5.41, 5.74) is 1.46. The number of carbonyl (C=O) groups excluding carboxylic acids is 1. The highest BCUT2D eigenvalue weighted by molar-refractivity contribution is 6.31. The number of carbonyl (C=O) groups is 1. The highest BCUT2D eigenvalue weighted by Crippen LogP contribution is 2.34. The molecule has 0 radical (unpaired) electrons. The summed E-state index contributed by atoms with van der Waals surface area (Å²) in [5, 5.41) is 0.577. The van der Waals surface area contributed by atoms with Crippen LogP contribution in [0.4, 0.5) is 0 Å². The van der Waals surface area contributed by atoms with Crippen molar-refractivity contribution in [1.29, 1.82) is 0 Å². The van der Waals surface area contributed by atoms with E-state index < -0.39 is 17.5 Å². The summed E-state index contributed by atoms with van der Waals surface area (Å²) in [5.74, 6) is 0.126. The standard InChI is InChI=1S/C25H17ClO6/c1-14-6-8-15(9-7-14)23-24(22(27)17-12-16(26)10-11-18(17)31-23)32-25(28)21-13-29-19-4-2-3-5-20(19)30-21/h2-12,21H,13H2,1H3. The molecule has 1 aliphatic rings. The molecule has 1 aliphatic heterocycles. The molecule has 0 aliphatic carbocycles. The van der Waals surface area contributed by atoms with E-state index in [0.717, 1.165) is 5.56 Å². The van der Waals surface area contributed by atoms with Crippen LogP contribution in [0.3, 0.4) is 0 Å². The Morgan fingerprint density at radius 2 is 1.78 bits per heavy atom. The van der Waals surface area contributed by atoms with Crippen molar-refractivity contribution in [1.82, 2.24) is 0 Å². The van der Waals surface area contributed by atoms with E-state index in [1.54, 1.807) is 48.5 Å². The van der Waals surface area contributed by atoms with Crippen LogP contribution < -0.4 is 19.6 Å². The highest BCUT2D eigenvalue weighted by Gasteiger charge is 2.31. The second kappa shape index (κ2) is 8.05. The number of hydrogen-bond donors (Lipinski definition) is 0. The van der Waals surface area contributed by atoms with E-state index in [-0.39, 0.29) is 23.5 Å². The third-order valence-corrected chi connectivity index (χ3v) is 5.33. The van der Waals surface area contributed by atoms with E-state index in [9.17, 15) is 9.59 Å². The molecule has 0 saturated carbocycles. The number of rotatable bonds is 3. The fourth-order valence-electron chi connectivity index (χ4n) is 3.44. The van der Waals surface area contributed by atoms with Crippen LogP contribution >= 0.6 is 11.6 Å². The van der Waals surface area contributed by atoms with Crippen molar-refractivity contribution >= 4 is 28.5 Å². The van der Waals surface area contributed by atoms with E-state index >= 15 is 0 Å². The van der Waals surface area contributed by atoms with Crippen molar-refractivity contribution in [3.63, 3.8) is 0 Å². The molecule has 2 heterocycles. The van der Waals surface area contributed by atoms with Crippen LogP contribution in [-0.2, 0) is 4.79 Å². The molecule has 0 amide bonds. The molecule has 5 rings (SSSR count). The Morgan fingerprint density at radius 3 is 2.56 bits per heavy atom. The van der Waals surface area contributed by atoms with Gasteiger partial charge in [0, 0.05) is 10.6 Å². The summed E-state index contributed by atoms with van der Waals surface area (Å²) >= 11 is 6.07. The smallest absolute Gasteiger partial charge is 0.356 e. The maximum absolute atomic E-state index is 13.3. The van der Waals surface area contributed by atoms with Gasteiger partial charge in [-0.3, -0.25) is 4.79 Å². The van der Waals surface area contributed by atoms with Crippen LogP contribution in [0.2, 0.25) is 5.02 Å². The van der Waals surface area contributed by atoms with E-state index in [4.69, 9.17) is 30.2 Å². The molecule has 3 aromatic carbocycles. The predicted molar refractivity (Wildman–Crippen MR) is 120 cm³/mol. The number of hydrogen-bond acceptors (Lipinski definition) is 6. The second-order valence-corrected chi connectivity index (χ2v) is 7.82. The van der Waals surface area contributed by atoms with Crippen molar-refractivity contribution < 1.29 is 23.4 Å². The van der Waals surface area contributed by atoms with Gasteiger partial charge in [0.1, 0.15) is 12.2 Å². The molecule has 1 unspecified atom stereocenters. The summed E-state index contributed by atoms with van der Waals surface area (Å²) in [4.78, 5) is 26.2. The van der Waals surface area contributed by atoms with E-state index in [2.05, 4.69) is 0 Å².